The second kappa shape index (κ2) is 6.60. The van der Waals surface area contributed by atoms with Gasteiger partial charge in [-0.2, -0.15) is 0 Å². The van der Waals surface area contributed by atoms with Gasteiger partial charge in [0.2, 0.25) is 5.43 Å². The molecule has 2 N–H and O–H groups in total. The summed E-state index contributed by atoms with van der Waals surface area (Å²) in [5.74, 6) is -3.66. The summed E-state index contributed by atoms with van der Waals surface area (Å²) in [5, 5.41) is 18.6. The molecule has 2 aromatic heterocycles. The maximum Gasteiger partial charge on any atom is 0.352 e. The van der Waals surface area contributed by atoms with Crippen LogP contribution in [0.5, 0.6) is 0 Å². The number of nitrogens with zero attached hydrogens (tertiary/aromatic N) is 2. The fourth-order valence-corrected chi connectivity index (χ4v) is 2.49. The van der Waals surface area contributed by atoms with E-state index in [1.54, 1.807) is 18.2 Å². The van der Waals surface area contributed by atoms with Crippen molar-refractivity contribution >= 4 is 34.6 Å². The van der Waals surface area contributed by atoms with Gasteiger partial charge in [-0.15, -0.1) is 0 Å². The number of aromatic nitrogens is 2. The van der Waals surface area contributed by atoms with Crippen molar-refractivity contribution < 1.29 is 24.2 Å². The van der Waals surface area contributed by atoms with E-state index in [1.807, 2.05) is 0 Å². The maximum absolute atomic E-state index is 13.6. The van der Waals surface area contributed by atoms with Crippen LogP contribution in [-0.2, 0) is 4.79 Å². The molecule has 0 aliphatic rings. The minimum atomic E-state index is -1.54. The lowest BCUT2D eigenvalue weighted by Gasteiger charge is -2.13. The summed E-state index contributed by atoms with van der Waals surface area (Å²) < 4.78 is 14.6. The topological polar surface area (TPSA) is 109 Å². The first kappa shape index (κ1) is 17.0. The Morgan fingerprint density at radius 2 is 1.92 bits per heavy atom. The molecule has 3 aromatic rings. The van der Waals surface area contributed by atoms with E-state index in [1.165, 1.54) is 18.3 Å². The van der Waals surface area contributed by atoms with Gasteiger partial charge in [0, 0.05) is 17.8 Å². The Kier molecular flexibility index (Phi) is 4.32. The summed E-state index contributed by atoms with van der Waals surface area (Å²) >= 11 is 0. The molecule has 7 nitrogen and oxygen atoms in total. The first-order valence-electron chi connectivity index (χ1n) is 7.33. The Bertz CT molecular complexity index is 1120. The van der Waals surface area contributed by atoms with Gasteiger partial charge in [-0.1, -0.05) is 6.07 Å². The number of benzene rings is 1. The number of aromatic carboxylic acids is 1. The zero-order valence-electron chi connectivity index (χ0n) is 13.1. The van der Waals surface area contributed by atoms with Crippen LogP contribution in [0.1, 0.15) is 16.1 Å². The summed E-state index contributed by atoms with van der Waals surface area (Å²) in [6.45, 7) is 0. The Hall–Kier alpha value is -3.81. The number of aliphatic carboxylic acids is 1. The summed E-state index contributed by atoms with van der Waals surface area (Å²) in [4.78, 5) is 39.4. The van der Waals surface area contributed by atoms with Crippen molar-refractivity contribution in [2.75, 3.05) is 0 Å². The predicted octanol–water partition coefficient (Wildman–Crippen LogP) is 2.32. The highest BCUT2D eigenvalue weighted by Gasteiger charge is 2.19. The van der Waals surface area contributed by atoms with Crippen molar-refractivity contribution in [2.45, 2.75) is 0 Å². The molecule has 3 rings (SSSR count). The van der Waals surface area contributed by atoms with Crippen LogP contribution in [0.25, 0.3) is 22.7 Å². The first-order chi connectivity index (χ1) is 12.4. The first-order valence-corrected chi connectivity index (χ1v) is 7.33. The molecule has 0 amide bonds. The maximum atomic E-state index is 13.6. The second-order valence-electron chi connectivity index (χ2n) is 5.30. The molecule has 0 spiro atoms. The van der Waals surface area contributed by atoms with Gasteiger partial charge in [-0.3, -0.25) is 9.78 Å². The lowest BCUT2D eigenvalue weighted by atomic mass is 10.1. The fourth-order valence-electron chi connectivity index (χ4n) is 2.49. The van der Waals surface area contributed by atoms with Crippen LogP contribution in [0.4, 0.5) is 4.39 Å². The SMILES string of the molecule is O=C(O)/C(=C\c1ccccn1)n1cc(C(=O)O)c(=O)c2cc(F)ccc21. The largest absolute Gasteiger partial charge is 0.477 e. The Balaban J connectivity index is 2.40. The molecule has 0 aliphatic carbocycles. The van der Waals surface area contributed by atoms with Crippen LogP contribution in [-0.4, -0.2) is 31.7 Å². The molecular formula is C18H11FN2O5. The lowest BCUT2D eigenvalue weighted by molar-refractivity contribution is -0.130. The third kappa shape index (κ3) is 3.07. The monoisotopic (exact) mass is 354 g/mol. The average Bonchev–Trinajstić information content (AvgIpc) is 2.61. The number of halogens is 1. The number of carboxylic acid groups (broad SMARTS) is 2. The van der Waals surface area contributed by atoms with E-state index in [0.717, 1.165) is 22.9 Å². The third-order valence-corrected chi connectivity index (χ3v) is 3.65. The third-order valence-electron chi connectivity index (χ3n) is 3.65. The van der Waals surface area contributed by atoms with Gasteiger partial charge >= 0.3 is 11.9 Å². The number of carboxylic acids is 2. The Morgan fingerprint density at radius 1 is 1.15 bits per heavy atom. The smallest absolute Gasteiger partial charge is 0.352 e. The van der Waals surface area contributed by atoms with Gasteiger partial charge in [0.25, 0.3) is 0 Å². The molecule has 0 saturated heterocycles. The van der Waals surface area contributed by atoms with Crippen molar-refractivity contribution in [3.8, 4) is 0 Å². The van der Waals surface area contributed by atoms with Gasteiger partial charge in [0.15, 0.2) is 0 Å². The van der Waals surface area contributed by atoms with Crippen LogP contribution >= 0.6 is 0 Å². The van der Waals surface area contributed by atoms with Crippen LogP contribution in [0.2, 0.25) is 0 Å². The fraction of sp³-hybridized carbons (Fsp3) is 0. The zero-order valence-corrected chi connectivity index (χ0v) is 13.1. The number of carbonyl (C=O) groups is 2. The normalized spacial score (nSPS) is 11.5. The number of hydrogen-bond donors (Lipinski definition) is 2. The molecule has 0 atom stereocenters. The van der Waals surface area contributed by atoms with Crippen LogP contribution in [0.3, 0.4) is 0 Å². The van der Waals surface area contributed by atoms with E-state index in [9.17, 15) is 29.0 Å². The van der Waals surface area contributed by atoms with Crippen LogP contribution < -0.4 is 5.43 Å². The molecule has 0 saturated carbocycles. The van der Waals surface area contributed by atoms with Crippen LogP contribution in [0.15, 0.2) is 53.6 Å². The van der Waals surface area contributed by atoms with Crippen molar-refractivity contribution in [1.82, 2.24) is 9.55 Å². The van der Waals surface area contributed by atoms with Crippen molar-refractivity contribution in [2.24, 2.45) is 0 Å². The molecule has 2 heterocycles. The van der Waals surface area contributed by atoms with E-state index in [2.05, 4.69) is 4.98 Å². The van der Waals surface area contributed by atoms with Gasteiger partial charge in [-0.25, -0.2) is 14.0 Å². The summed E-state index contributed by atoms with van der Waals surface area (Å²) in [6.07, 6.45) is 3.60. The van der Waals surface area contributed by atoms with Gasteiger partial charge in [-0.05, 0) is 36.4 Å². The minimum Gasteiger partial charge on any atom is -0.477 e. The molecular weight excluding hydrogens is 343 g/mol. The van der Waals surface area contributed by atoms with E-state index < -0.39 is 28.7 Å². The zero-order chi connectivity index (χ0) is 18.8. The number of hydrogen-bond acceptors (Lipinski definition) is 4. The standard InChI is InChI=1S/C18H11FN2O5/c19-10-4-5-14-12(7-10)16(22)13(17(23)24)9-21(14)15(18(25)26)8-11-3-1-2-6-20-11/h1-9H,(H,23,24)(H,25,26)/b15-8+. The minimum absolute atomic E-state index is 0.0611. The number of fused-ring (bicyclic) bond motifs is 1. The highest BCUT2D eigenvalue weighted by Crippen LogP contribution is 2.20. The highest BCUT2D eigenvalue weighted by molar-refractivity contribution is 6.16. The molecule has 0 fully saturated rings. The van der Waals surface area contributed by atoms with E-state index in [-0.39, 0.29) is 16.6 Å². The molecule has 0 unspecified atom stereocenters. The van der Waals surface area contributed by atoms with E-state index >= 15 is 0 Å². The van der Waals surface area contributed by atoms with E-state index in [0.29, 0.717) is 5.69 Å². The molecule has 130 valence electrons. The highest BCUT2D eigenvalue weighted by atomic mass is 19.1. The molecule has 8 heteroatoms. The van der Waals surface area contributed by atoms with Crippen molar-refractivity contribution in [3.05, 3.63) is 76.1 Å². The number of rotatable bonds is 4. The van der Waals surface area contributed by atoms with Crippen molar-refractivity contribution in [1.29, 1.82) is 0 Å². The molecule has 0 radical (unpaired) electrons. The lowest BCUT2D eigenvalue weighted by Crippen LogP contribution is -2.20. The quantitative estimate of drug-likeness (QED) is 0.696. The summed E-state index contributed by atoms with van der Waals surface area (Å²) in [7, 11) is 0. The Labute approximate surface area is 145 Å². The van der Waals surface area contributed by atoms with Gasteiger partial charge < -0.3 is 14.8 Å². The molecule has 1 aromatic carbocycles. The average molecular weight is 354 g/mol. The van der Waals surface area contributed by atoms with Gasteiger partial charge in [0.05, 0.1) is 11.2 Å². The van der Waals surface area contributed by atoms with E-state index in [4.69, 9.17) is 0 Å². The second-order valence-corrected chi connectivity index (χ2v) is 5.30. The molecule has 0 aliphatic heterocycles. The summed E-state index contributed by atoms with van der Waals surface area (Å²) in [6, 6.07) is 8.01. The summed E-state index contributed by atoms with van der Waals surface area (Å²) in [5.41, 5.74) is -1.54. The molecule has 0 bridgehead atoms. The Morgan fingerprint density at radius 3 is 2.54 bits per heavy atom. The number of pyridine rings is 2. The van der Waals surface area contributed by atoms with Gasteiger partial charge in [0.1, 0.15) is 17.1 Å². The van der Waals surface area contributed by atoms with Crippen molar-refractivity contribution in [3.63, 3.8) is 0 Å². The molecule has 26 heavy (non-hydrogen) atoms. The predicted molar refractivity (Wildman–Crippen MR) is 91.2 cm³/mol. The van der Waals surface area contributed by atoms with Crippen LogP contribution in [0, 0.1) is 5.82 Å².